The number of aromatic amines is 1. The topological polar surface area (TPSA) is 111 Å². The van der Waals surface area contributed by atoms with Crippen LogP contribution < -0.4 is 5.73 Å². The lowest BCUT2D eigenvalue weighted by atomic mass is 9.99. The minimum Gasteiger partial charge on any atom is -0.368 e. The van der Waals surface area contributed by atoms with Crippen molar-refractivity contribution in [3.63, 3.8) is 0 Å². The van der Waals surface area contributed by atoms with Gasteiger partial charge in [0.1, 0.15) is 11.3 Å². The van der Waals surface area contributed by atoms with E-state index in [1.54, 1.807) is 18.2 Å². The van der Waals surface area contributed by atoms with Gasteiger partial charge in [-0.1, -0.05) is 11.3 Å². The predicted molar refractivity (Wildman–Crippen MR) is 98.5 cm³/mol. The average molecular weight is 414 g/mol. The fourth-order valence-electron chi connectivity index (χ4n) is 3.16. The zero-order chi connectivity index (χ0) is 21.0. The van der Waals surface area contributed by atoms with Crippen molar-refractivity contribution in [3.8, 4) is 22.4 Å². The van der Waals surface area contributed by atoms with Gasteiger partial charge in [0, 0.05) is 5.56 Å². The molecular weight excluding hydrogens is 404 g/mol. The third-order valence-electron chi connectivity index (χ3n) is 4.50. The maximum atomic E-state index is 13.4. The largest absolute Gasteiger partial charge is 0.453 e. The Morgan fingerprint density at radius 1 is 0.967 bits per heavy atom. The highest BCUT2D eigenvalue weighted by atomic mass is 19.4. The Balaban J connectivity index is 1.88. The van der Waals surface area contributed by atoms with Gasteiger partial charge in [0.05, 0.1) is 16.8 Å². The Kier molecular flexibility index (Phi) is 3.72. The molecule has 3 N–H and O–H groups in total. The summed E-state index contributed by atoms with van der Waals surface area (Å²) in [6.45, 7) is 0. The SMILES string of the molecule is Nc1nc(-c2ccc(F)cc2)c(-c2ccc3[nH]nnc3c2)c2nc(C(F)(F)F)nn12. The molecule has 0 saturated carbocycles. The lowest BCUT2D eigenvalue weighted by Crippen LogP contribution is -2.09. The van der Waals surface area contributed by atoms with E-state index in [-0.39, 0.29) is 22.9 Å². The van der Waals surface area contributed by atoms with E-state index < -0.39 is 17.8 Å². The average Bonchev–Trinajstić information content (AvgIpc) is 3.35. The molecule has 5 aromatic rings. The first-order valence-corrected chi connectivity index (χ1v) is 8.52. The van der Waals surface area contributed by atoms with E-state index in [4.69, 9.17) is 5.73 Å². The van der Waals surface area contributed by atoms with Crippen molar-refractivity contribution in [3.05, 3.63) is 54.1 Å². The molecule has 150 valence electrons. The number of nitrogens with two attached hydrogens (primary N) is 1. The van der Waals surface area contributed by atoms with Gasteiger partial charge in [0.15, 0.2) is 5.65 Å². The summed E-state index contributed by atoms with van der Waals surface area (Å²) in [7, 11) is 0. The summed E-state index contributed by atoms with van der Waals surface area (Å²) < 4.78 is 54.0. The first kappa shape index (κ1) is 18.0. The molecule has 0 aliphatic heterocycles. The number of halogens is 4. The van der Waals surface area contributed by atoms with E-state index in [2.05, 4.69) is 30.5 Å². The molecule has 8 nitrogen and oxygen atoms in total. The summed E-state index contributed by atoms with van der Waals surface area (Å²) in [6.07, 6.45) is -4.78. The molecule has 5 rings (SSSR count). The van der Waals surface area contributed by atoms with Crippen LogP contribution in [0.1, 0.15) is 5.82 Å². The van der Waals surface area contributed by atoms with Crippen molar-refractivity contribution in [2.45, 2.75) is 6.18 Å². The Labute approximate surface area is 164 Å². The number of H-pyrrole nitrogens is 1. The summed E-state index contributed by atoms with van der Waals surface area (Å²) in [5, 5.41) is 13.8. The second-order valence-electron chi connectivity index (χ2n) is 6.41. The number of fused-ring (bicyclic) bond motifs is 2. The lowest BCUT2D eigenvalue weighted by molar-refractivity contribution is -0.144. The number of benzene rings is 2. The standard InChI is InChI=1S/C18H10F4N8/c19-10-4-1-8(2-5-10)14-13(9-3-6-11-12(7-9)27-29-26-11)15-25-16(18(20,21)22)28-30(15)17(23)24-14/h1-7H,(H2,23,24)(H,26,27,29). The number of hydrogen-bond donors (Lipinski definition) is 2. The van der Waals surface area contributed by atoms with Crippen LogP contribution in [-0.4, -0.2) is 35.0 Å². The van der Waals surface area contributed by atoms with Crippen molar-refractivity contribution >= 4 is 22.6 Å². The summed E-state index contributed by atoms with van der Waals surface area (Å²) in [5.41, 5.74) is 8.24. The van der Waals surface area contributed by atoms with Gasteiger partial charge in [-0.25, -0.2) is 14.4 Å². The number of anilines is 1. The van der Waals surface area contributed by atoms with Crippen LogP contribution in [0.2, 0.25) is 0 Å². The normalized spacial score (nSPS) is 12.1. The smallest absolute Gasteiger partial charge is 0.368 e. The number of hydrogen-bond acceptors (Lipinski definition) is 6. The second kappa shape index (κ2) is 6.20. The van der Waals surface area contributed by atoms with Crippen LogP contribution in [0.5, 0.6) is 0 Å². The molecule has 3 heterocycles. The Morgan fingerprint density at radius 3 is 2.43 bits per heavy atom. The molecule has 12 heteroatoms. The van der Waals surface area contributed by atoms with Gasteiger partial charge in [0.25, 0.3) is 5.82 Å². The zero-order valence-corrected chi connectivity index (χ0v) is 14.8. The maximum Gasteiger partial charge on any atom is 0.453 e. The monoisotopic (exact) mass is 414 g/mol. The molecule has 0 fully saturated rings. The third-order valence-corrected chi connectivity index (χ3v) is 4.50. The van der Waals surface area contributed by atoms with E-state index in [1.807, 2.05) is 0 Å². The van der Waals surface area contributed by atoms with Crippen LogP contribution in [0.15, 0.2) is 42.5 Å². The van der Waals surface area contributed by atoms with Gasteiger partial charge in [-0.05, 0) is 42.0 Å². The highest BCUT2D eigenvalue weighted by molar-refractivity contribution is 5.93. The van der Waals surface area contributed by atoms with Crippen LogP contribution in [0.4, 0.5) is 23.5 Å². The molecular formula is C18H10F4N8. The Hall–Kier alpha value is -4.09. The van der Waals surface area contributed by atoms with Crippen LogP contribution in [-0.2, 0) is 6.18 Å². The van der Waals surface area contributed by atoms with Crippen molar-refractivity contribution in [2.24, 2.45) is 0 Å². The second-order valence-corrected chi connectivity index (χ2v) is 6.41. The van der Waals surface area contributed by atoms with Crippen LogP contribution >= 0.6 is 0 Å². The van der Waals surface area contributed by atoms with Crippen LogP contribution in [0, 0.1) is 5.82 Å². The molecule has 0 spiro atoms. The number of nitrogens with one attached hydrogen (secondary N) is 1. The quantitative estimate of drug-likeness (QED) is 0.428. The van der Waals surface area contributed by atoms with Gasteiger partial charge in [0.2, 0.25) is 5.95 Å². The molecule has 0 saturated heterocycles. The molecule has 30 heavy (non-hydrogen) atoms. The van der Waals surface area contributed by atoms with Gasteiger partial charge < -0.3 is 5.73 Å². The molecule has 0 aliphatic rings. The molecule has 3 aromatic heterocycles. The zero-order valence-electron chi connectivity index (χ0n) is 14.8. The van der Waals surface area contributed by atoms with Gasteiger partial charge >= 0.3 is 6.18 Å². The fourth-order valence-corrected chi connectivity index (χ4v) is 3.16. The fraction of sp³-hybridized carbons (Fsp3) is 0.0556. The summed E-state index contributed by atoms with van der Waals surface area (Å²) in [6, 6.07) is 10.3. The maximum absolute atomic E-state index is 13.4. The number of nitrogen functional groups attached to an aromatic ring is 1. The molecule has 0 bridgehead atoms. The predicted octanol–water partition coefficient (Wildman–Crippen LogP) is 3.47. The first-order valence-electron chi connectivity index (χ1n) is 8.52. The Bertz CT molecular complexity index is 1400. The van der Waals surface area contributed by atoms with Gasteiger partial charge in [-0.3, -0.25) is 5.10 Å². The van der Waals surface area contributed by atoms with E-state index in [0.717, 1.165) is 4.52 Å². The molecule has 0 radical (unpaired) electrons. The minimum atomic E-state index is -4.78. The number of rotatable bonds is 2. The number of alkyl halides is 3. The van der Waals surface area contributed by atoms with Gasteiger partial charge in [-0.15, -0.1) is 10.2 Å². The molecule has 0 amide bonds. The highest BCUT2D eigenvalue weighted by Gasteiger charge is 2.37. The van der Waals surface area contributed by atoms with Crippen LogP contribution in [0.25, 0.3) is 39.1 Å². The summed E-state index contributed by atoms with van der Waals surface area (Å²) in [5.74, 6) is -2.12. The van der Waals surface area contributed by atoms with E-state index in [9.17, 15) is 17.6 Å². The summed E-state index contributed by atoms with van der Waals surface area (Å²) >= 11 is 0. The Morgan fingerprint density at radius 2 is 1.70 bits per heavy atom. The molecule has 2 aromatic carbocycles. The van der Waals surface area contributed by atoms with Crippen LogP contribution in [0.3, 0.4) is 0 Å². The number of aromatic nitrogens is 7. The van der Waals surface area contributed by atoms with Crippen molar-refractivity contribution < 1.29 is 17.6 Å². The molecule has 0 unspecified atom stereocenters. The third kappa shape index (κ3) is 2.80. The van der Waals surface area contributed by atoms with E-state index in [1.165, 1.54) is 24.3 Å². The van der Waals surface area contributed by atoms with Gasteiger partial charge in [-0.2, -0.15) is 17.7 Å². The lowest BCUT2D eigenvalue weighted by Gasteiger charge is -2.12. The summed E-state index contributed by atoms with van der Waals surface area (Å²) in [4.78, 5) is 7.93. The highest BCUT2D eigenvalue weighted by Crippen LogP contribution is 2.37. The van der Waals surface area contributed by atoms with Crippen molar-refractivity contribution in [1.29, 1.82) is 0 Å². The number of nitrogens with zero attached hydrogens (tertiary/aromatic N) is 6. The van der Waals surface area contributed by atoms with Crippen molar-refractivity contribution in [2.75, 3.05) is 5.73 Å². The first-order chi connectivity index (χ1) is 14.3. The van der Waals surface area contributed by atoms with Crippen molar-refractivity contribution in [1.82, 2.24) is 35.0 Å². The van der Waals surface area contributed by atoms with E-state index in [0.29, 0.717) is 22.2 Å². The molecule has 0 aliphatic carbocycles. The van der Waals surface area contributed by atoms with E-state index >= 15 is 0 Å². The minimum absolute atomic E-state index is 0.142. The molecule has 0 atom stereocenters.